The Balaban J connectivity index is 4.50. The van der Waals surface area contributed by atoms with Crippen molar-refractivity contribution in [2.24, 2.45) is 10.8 Å². The van der Waals surface area contributed by atoms with Gasteiger partial charge in [-0.25, -0.2) is 0 Å². The zero-order chi connectivity index (χ0) is 13.7. The molecule has 102 valence electrons. The van der Waals surface area contributed by atoms with Crippen LogP contribution in [0.1, 0.15) is 67.7 Å². The summed E-state index contributed by atoms with van der Waals surface area (Å²) >= 11 is 0. The molecule has 1 unspecified atom stereocenters. The smallest absolute Gasteiger partial charge is 0.155 e. The van der Waals surface area contributed by atoms with Gasteiger partial charge in [-0.3, -0.25) is 4.79 Å². The van der Waals surface area contributed by atoms with Crippen LogP contribution >= 0.6 is 0 Å². The van der Waals surface area contributed by atoms with Gasteiger partial charge in [0.05, 0.1) is 6.04 Å². The van der Waals surface area contributed by atoms with Crippen molar-refractivity contribution in [3.63, 3.8) is 0 Å². The van der Waals surface area contributed by atoms with E-state index in [1.54, 1.807) is 0 Å². The van der Waals surface area contributed by atoms with Gasteiger partial charge in [-0.05, 0) is 24.8 Å². The first-order chi connectivity index (χ1) is 7.64. The SMILES string of the molecule is CCNC(CCC(C)(C)CC)C(=O)C(C)(C)C. The van der Waals surface area contributed by atoms with E-state index >= 15 is 0 Å². The average molecular weight is 241 g/mol. The highest BCUT2D eigenvalue weighted by Gasteiger charge is 2.30. The molecule has 0 aromatic rings. The second kappa shape index (κ2) is 6.53. The summed E-state index contributed by atoms with van der Waals surface area (Å²) in [7, 11) is 0. The summed E-state index contributed by atoms with van der Waals surface area (Å²) in [6.45, 7) is 15.7. The molecule has 0 fully saturated rings. The minimum Gasteiger partial charge on any atom is -0.308 e. The lowest BCUT2D eigenvalue weighted by Crippen LogP contribution is -2.43. The summed E-state index contributed by atoms with van der Waals surface area (Å²) < 4.78 is 0. The van der Waals surface area contributed by atoms with Crippen molar-refractivity contribution in [2.45, 2.75) is 73.8 Å². The molecular weight excluding hydrogens is 210 g/mol. The number of ketones is 1. The Morgan fingerprint density at radius 2 is 1.65 bits per heavy atom. The summed E-state index contributed by atoms with van der Waals surface area (Å²) in [6, 6.07) is 0.0193. The number of rotatable bonds is 7. The molecule has 0 amide bonds. The largest absolute Gasteiger partial charge is 0.308 e. The molecule has 0 aliphatic rings. The van der Waals surface area contributed by atoms with Crippen molar-refractivity contribution in [2.75, 3.05) is 6.54 Å². The first-order valence-corrected chi connectivity index (χ1v) is 6.91. The van der Waals surface area contributed by atoms with Crippen LogP contribution in [0.25, 0.3) is 0 Å². The van der Waals surface area contributed by atoms with Crippen molar-refractivity contribution < 1.29 is 4.79 Å². The molecule has 0 aliphatic heterocycles. The summed E-state index contributed by atoms with van der Waals surface area (Å²) in [5.74, 6) is 0.339. The van der Waals surface area contributed by atoms with Gasteiger partial charge in [-0.15, -0.1) is 0 Å². The first-order valence-electron chi connectivity index (χ1n) is 6.91. The summed E-state index contributed by atoms with van der Waals surface area (Å²) in [4.78, 5) is 12.3. The van der Waals surface area contributed by atoms with Crippen molar-refractivity contribution in [3.05, 3.63) is 0 Å². The molecule has 2 nitrogen and oxygen atoms in total. The highest BCUT2D eigenvalue weighted by Crippen LogP contribution is 2.28. The lowest BCUT2D eigenvalue weighted by atomic mass is 9.79. The number of carbonyl (C=O) groups is 1. The molecule has 0 aromatic carbocycles. The standard InChI is InChI=1S/C15H31NO/c1-8-15(6,7)11-10-12(16-9-2)13(17)14(3,4)5/h12,16H,8-11H2,1-7H3. The zero-order valence-corrected chi connectivity index (χ0v) is 12.8. The van der Waals surface area contributed by atoms with Gasteiger partial charge < -0.3 is 5.32 Å². The van der Waals surface area contributed by atoms with Crippen LogP contribution in [0.4, 0.5) is 0 Å². The monoisotopic (exact) mass is 241 g/mol. The summed E-state index contributed by atoms with van der Waals surface area (Å²) in [5, 5.41) is 3.34. The maximum absolute atomic E-state index is 12.3. The lowest BCUT2D eigenvalue weighted by molar-refractivity contribution is -0.128. The van der Waals surface area contributed by atoms with Crippen molar-refractivity contribution >= 4 is 5.78 Å². The van der Waals surface area contributed by atoms with Gasteiger partial charge in [0, 0.05) is 5.41 Å². The van der Waals surface area contributed by atoms with Gasteiger partial charge in [0.15, 0.2) is 5.78 Å². The molecule has 0 aromatic heterocycles. The molecule has 0 saturated carbocycles. The minimum absolute atomic E-state index is 0.0193. The van der Waals surface area contributed by atoms with Crippen LogP contribution in [0, 0.1) is 10.8 Å². The molecule has 0 radical (unpaired) electrons. The molecule has 1 N–H and O–H groups in total. The van der Waals surface area contributed by atoms with E-state index in [1.165, 1.54) is 0 Å². The van der Waals surface area contributed by atoms with Gasteiger partial charge in [-0.2, -0.15) is 0 Å². The van der Waals surface area contributed by atoms with E-state index in [-0.39, 0.29) is 11.5 Å². The maximum Gasteiger partial charge on any atom is 0.155 e. The Kier molecular flexibility index (Phi) is 6.39. The average Bonchev–Trinajstić information content (AvgIpc) is 2.22. The predicted octanol–water partition coefficient (Wildman–Crippen LogP) is 3.80. The van der Waals surface area contributed by atoms with Crippen LogP contribution in [0.2, 0.25) is 0 Å². The Morgan fingerprint density at radius 1 is 1.12 bits per heavy atom. The third-order valence-corrected chi connectivity index (χ3v) is 3.57. The number of nitrogens with one attached hydrogen (secondary N) is 1. The number of likely N-dealkylation sites (N-methyl/N-ethyl adjacent to an activating group) is 1. The van der Waals surface area contributed by atoms with E-state index < -0.39 is 0 Å². The molecule has 0 spiro atoms. The second-order valence-electron chi connectivity index (χ2n) is 6.78. The Labute approximate surface area is 108 Å². The van der Waals surface area contributed by atoms with E-state index in [0.717, 1.165) is 25.8 Å². The number of carbonyl (C=O) groups excluding carboxylic acids is 1. The second-order valence-corrected chi connectivity index (χ2v) is 6.78. The fraction of sp³-hybridized carbons (Fsp3) is 0.933. The van der Waals surface area contributed by atoms with Crippen molar-refractivity contribution in [3.8, 4) is 0 Å². The van der Waals surface area contributed by atoms with E-state index in [9.17, 15) is 4.79 Å². The van der Waals surface area contributed by atoms with Crippen LogP contribution in [-0.2, 0) is 4.79 Å². The quantitative estimate of drug-likeness (QED) is 0.734. The van der Waals surface area contributed by atoms with Crippen LogP contribution in [-0.4, -0.2) is 18.4 Å². The molecular formula is C15H31NO. The van der Waals surface area contributed by atoms with Gasteiger partial charge in [0.25, 0.3) is 0 Å². The summed E-state index contributed by atoms with van der Waals surface area (Å²) in [6.07, 6.45) is 3.21. The van der Waals surface area contributed by atoms with Gasteiger partial charge in [0.2, 0.25) is 0 Å². The number of hydrogen-bond donors (Lipinski definition) is 1. The molecule has 0 heterocycles. The number of Topliss-reactive ketones (excluding diaryl/α,β-unsaturated/α-hetero) is 1. The van der Waals surface area contributed by atoms with Gasteiger partial charge in [0.1, 0.15) is 0 Å². The number of hydrogen-bond acceptors (Lipinski definition) is 2. The molecule has 2 heteroatoms. The first kappa shape index (κ1) is 16.6. The molecule has 1 atom stereocenters. The predicted molar refractivity (Wildman–Crippen MR) is 75.2 cm³/mol. The maximum atomic E-state index is 12.3. The van der Waals surface area contributed by atoms with Crippen molar-refractivity contribution in [1.82, 2.24) is 5.32 Å². The van der Waals surface area contributed by atoms with Crippen LogP contribution in [0.3, 0.4) is 0 Å². The molecule has 17 heavy (non-hydrogen) atoms. The fourth-order valence-electron chi connectivity index (χ4n) is 1.81. The topological polar surface area (TPSA) is 29.1 Å². The Morgan fingerprint density at radius 3 is 2.00 bits per heavy atom. The Hall–Kier alpha value is -0.370. The highest BCUT2D eigenvalue weighted by atomic mass is 16.1. The van der Waals surface area contributed by atoms with E-state index in [4.69, 9.17) is 0 Å². The zero-order valence-electron chi connectivity index (χ0n) is 12.8. The van der Waals surface area contributed by atoms with Gasteiger partial charge in [-0.1, -0.05) is 54.9 Å². The summed E-state index contributed by atoms with van der Waals surface area (Å²) in [5.41, 5.74) is 0.0923. The van der Waals surface area contributed by atoms with Crippen LogP contribution in [0.5, 0.6) is 0 Å². The molecule has 0 rings (SSSR count). The Bertz CT molecular complexity index is 238. The van der Waals surface area contributed by atoms with Crippen LogP contribution < -0.4 is 5.32 Å². The third kappa shape index (κ3) is 6.21. The fourth-order valence-corrected chi connectivity index (χ4v) is 1.81. The molecule has 0 bridgehead atoms. The minimum atomic E-state index is -0.247. The van der Waals surface area contributed by atoms with E-state index in [1.807, 2.05) is 20.8 Å². The van der Waals surface area contributed by atoms with E-state index in [2.05, 4.69) is 33.0 Å². The van der Waals surface area contributed by atoms with Gasteiger partial charge >= 0.3 is 0 Å². The van der Waals surface area contributed by atoms with Crippen LogP contribution in [0.15, 0.2) is 0 Å². The third-order valence-electron chi connectivity index (χ3n) is 3.57. The molecule has 0 aliphatic carbocycles. The lowest BCUT2D eigenvalue weighted by Gasteiger charge is -2.29. The highest BCUT2D eigenvalue weighted by molar-refractivity contribution is 5.88. The molecule has 0 saturated heterocycles. The van der Waals surface area contributed by atoms with Crippen molar-refractivity contribution in [1.29, 1.82) is 0 Å². The normalized spacial score (nSPS) is 14.8. The van der Waals surface area contributed by atoms with E-state index in [0.29, 0.717) is 11.2 Å².